The number of carboxylic acids is 1. The average molecular weight is 515 g/mol. The van der Waals surface area contributed by atoms with Gasteiger partial charge in [-0.3, -0.25) is 9.59 Å². The van der Waals surface area contributed by atoms with E-state index in [1.165, 1.54) is 12.1 Å². The fourth-order valence-corrected chi connectivity index (χ4v) is 4.77. The second kappa shape index (κ2) is 11.9. The molecule has 1 atom stereocenters. The average Bonchev–Trinajstić information content (AvgIpc) is 3.27. The molecule has 0 fully saturated rings. The topological polar surface area (TPSA) is 91.6 Å². The van der Waals surface area contributed by atoms with Crippen molar-refractivity contribution >= 4 is 17.6 Å². The molecule has 1 aromatic heterocycles. The van der Waals surface area contributed by atoms with E-state index in [1.54, 1.807) is 28.8 Å². The lowest BCUT2D eigenvalue weighted by molar-refractivity contribution is -0.137. The largest absolute Gasteiger partial charge is 0.481 e. The number of benzene rings is 3. The number of anilines is 1. The molecule has 0 aliphatic carbocycles. The molecule has 196 valence electrons. The van der Waals surface area contributed by atoms with Gasteiger partial charge in [-0.1, -0.05) is 62.4 Å². The molecule has 6 nitrogen and oxygen atoms in total. The van der Waals surface area contributed by atoms with Gasteiger partial charge in [0.1, 0.15) is 12.0 Å². The van der Waals surface area contributed by atoms with Crippen molar-refractivity contribution in [3.63, 3.8) is 0 Å². The van der Waals surface area contributed by atoms with Crippen LogP contribution in [0.2, 0.25) is 0 Å². The van der Waals surface area contributed by atoms with Gasteiger partial charge in [-0.15, -0.1) is 0 Å². The van der Waals surface area contributed by atoms with Crippen LogP contribution in [0.4, 0.5) is 10.1 Å². The van der Waals surface area contributed by atoms with E-state index in [0.29, 0.717) is 33.8 Å². The number of halogens is 1. The van der Waals surface area contributed by atoms with Gasteiger partial charge in [0.05, 0.1) is 11.3 Å². The van der Waals surface area contributed by atoms with Gasteiger partial charge in [-0.05, 0) is 66.3 Å². The Morgan fingerprint density at radius 2 is 1.50 bits per heavy atom. The number of aromatic nitrogens is 1. The quantitative estimate of drug-likeness (QED) is 0.211. The highest BCUT2D eigenvalue weighted by atomic mass is 19.1. The number of hydrogen-bond donors (Lipinski definition) is 3. The molecular weight excluding hydrogens is 483 g/mol. The van der Waals surface area contributed by atoms with Crippen LogP contribution in [0.5, 0.6) is 0 Å². The molecule has 4 rings (SSSR count). The lowest BCUT2D eigenvalue weighted by Gasteiger charge is -2.22. The maximum Gasteiger partial charge on any atom is 0.303 e. The van der Waals surface area contributed by atoms with Crippen LogP contribution in [0, 0.1) is 5.82 Å². The third kappa shape index (κ3) is 5.84. The summed E-state index contributed by atoms with van der Waals surface area (Å²) in [5.74, 6) is -1.86. The Morgan fingerprint density at radius 3 is 2.08 bits per heavy atom. The van der Waals surface area contributed by atoms with Crippen molar-refractivity contribution in [3.05, 3.63) is 102 Å². The normalized spacial score (nSPS) is 11.9. The first-order valence-electron chi connectivity index (χ1n) is 12.6. The molecule has 0 saturated carbocycles. The fraction of sp³-hybridized carbons (Fsp3) is 0.226. The molecule has 4 aromatic rings. The minimum atomic E-state index is -1.10. The first kappa shape index (κ1) is 26.8. The van der Waals surface area contributed by atoms with E-state index in [1.807, 2.05) is 62.4 Å². The van der Waals surface area contributed by atoms with E-state index in [4.69, 9.17) is 5.11 Å². The lowest BCUT2D eigenvalue weighted by atomic mass is 9.94. The number of aliphatic hydroxyl groups is 1. The SMILES string of the molecule is CC(C)c1c(C(=O)Nc2ccccc2)c(-c2ccccc2)c(-c2ccc(F)cc2)n1C(O)CCCC(=O)O. The summed E-state index contributed by atoms with van der Waals surface area (Å²) in [6.45, 7) is 3.89. The van der Waals surface area contributed by atoms with Crippen molar-refractivity contribution in [2.45, 2.75) is 45.3 Å². The minimum absolute atomic E-state index is 0.0892. The molecule has 3 aromatic carbocycles. The van der Waals surface area contributed by atoms with Gasteiger partial charge in [-0.25, -0.2) is 4.39 Å². The maximum atomic E-state index is 14.0. The second-order valence-corrected chi connectivity index (χ2v) is 9.47. The van der Waals surface area contributed by atoms with Gasteiger partial charge in [0.15, 0.2) is 0 Å². The van der Waals surface area contributed by atoms with Crippen LogP contribution in [0.3, 0.4) is 0 Å². The van der Waals surface area contributed by atoms with E-state index in [9.17, 15) is 19.1 Å². The molecule has 0 bridgehead atoms. The highest BCUT2D eigenvalue weighted by molar-refractivity contribution is 6.12. The van der Waals surface area contributed by atoms with Crippen LogP contribution in [0.1, 0.15) is 61.3 Å². The van der Waals surface area contributed by atoms with Gasteiger partial charge in [-0.2, -0.15) is 0 Å². The van der Waals surface area contributed by atoms with E-state index in [0.717, 1.165) is 5.56 Å². The molecule has 0 aliphatic heterocycles. The summed E-state index contributed by atoms with van der Waals surface area (Å²) in [5.41, 5.74) is 4.23. The number of aliphatic carboxylic acids is 1. The highest BCUT2D eigenvalue weighted by Crippen LogP contribution is 2.44. The summed E-state index contributed by atoms with van der Waals surface area (Å²) < 4.78 is 15.7. The van der Waals surface area contributed by atoms with Crippen LogP contribution in [0.15, 0.2) is 84.9 Å². The molecular formula is C31H31FN2O4. The van der Waals surface area contributed by atoms with E-state index < -0.39 is 18.0 Å². The zero-order valence-corrected chi connectivity index (χ0v) is 21.4. The number of carbonyl (C=O) groups is 2. The molecule has 1 unspecified atom stereocenters. The first-order chi connectivity index (χ1) is 18.3. The van der Waals surface area contributed by atoms with Crippen LogP contribution in [-0.2, 0) is 4.79 Å². The van der Waals surface area contributed by atoms with Crippen LogP contribution in [0.25, 0.3) is 22.4 Å². The Hall–Kier alpha value is -4.23. The van der Waals surface area contributed by atoms with Crippen LogP contribution >= 0.6 is 0 Å². The zero-order valence-electron chi connectivity index (χ0n) is 21.4. The van der Waals surface area contributed by atoms with Crippen molar-refractivity contribution < 1.29 is 24.2 Å². The predicted molar refractivity (Wildman–Crippen MR) is 146 cm³/mol. The molecule has 1 amide bonds. The third-order valence-electron chi connectivity index (χ3n) is 6.38. The highest BCUT2D eigenvalue weighted by Gasteiger charge is 2.32. The van der Waals surface area contributed by atoms with Crippen molar-refractivity contribution in [3.8, 4) is 22.4 Å². The van der Waals surface area contributed by atoms with Crippen molar-refractivity contribution in [1.29, 1.82) is 0 Å². The van der Waals surface area contributed by atoms with Crippen LogP contribution in [-0.4, -0.2) is 26.7 Å². The molecule has 7 heteroatoms. The van der Waals surface area contributed by atoms with Crippen LogP contribution < -0.4 is 5.32 Å². The Morgan fingerprint density at radius 1 is 0.895 bits per heavy atom. The standard InChI is InChI=1S/C31H31FN2O4/c1-20(2)29-28(31(38)33-24-12-7-4-8-13-24)27(21-10-5-3-6-11-21)30(22-16-18-23(32)19-17-22)34(29)25(35)14-9-15-26(36)37/h3-8,10-13,16-20,25,35H,9,14-15H2,1-2H3,(H,33,38)(H,36,37). The first-order valence-corrected chi connectivity index (χ1v) is 12.6. The minimum Gasteiger partial charge on any atom is -0.481 e. The number of aliphatic hydroxyl groups excluding tert-OH is 1. The number of nitrogens with zero attached hydrogens (tertiary/aromatic N) is 1. The number of carboxylic acid groups (broad SMARTS) is 1. The smallest absolute Gasteiger partial charge is 0.303 e. The fourth-order valence-electron chi connectivity index (χ4n) is 4.77. The number of rotatable bonds is 10. The molecule has 0 saturated heterocycles. The van der Waals surface area contributed by atoms with Gasteiger partial charge in [0.2, 0.25) is 0 Å². The monoisotopic (exact) mass is 514 g/mol. The molecule has 1 heterocycles. The maximum absolute atomic E-state index is 14.0. The number of amides is 1. The van der Waals surface area contributed by atoms with Gasteiger partial charge >= 0.3 is 5.97 Å². The summed E-state index contributed by atoms with van der Waals surface area (Å²) in [4.78, 5) is 25.1. The summed E-state index contributed by atoms with van der Waals surface area (Å²) in [6.07, 6.45) is -0.773. The Bertz CT molecular complexity index is 1400. The van der Waals surface area contributed by atoms with Gasteiger partial charge in [0.25, 0.3) is 5.91 Å². The van der Waals surface area contributed by atoms with E-state index in [-0.39, 0.29) is 31.1 Å². The molecule has 38 heavy (non-hydrogen) atoms. The number of hydrogen-bond acceptors (Lipinski definition) is 3. The Labute approximate surface area is 221 Å². The summed E-state index contributed by atoms with van der Waals surface area (Å²) in [7, 11) is 0. The molecule has 0 spiro atoms. The molecule has 0 aliphatic rings. The number of carbonyl (C=O) groups excluding carboxylic acids is 1. The molecule has 0 radical (unpaired) electrons. The summed E-state index contributed by atoms with van der Waals surface area (Å²) in [6, 6.07) is 24.5. The van der Waals surface area contributed by atoms with Gasteiger partial charge < -0.3 is 20.1 Å². The second-order valence-electron chi connectivity index (χ2n) is 9.47. The Kier molecular flexibility index (Phi) is 8.38. The Balaban J connectivity index is 2.01. The van der Waals surface area contributed by atoms with Gasteiger partial charge in [0, 0.05) is 23.4 Å². The number of nitrogens with one attached hydrogen (secondary N) is 1. The zero-order chi connectivity index (χ0) is 27.2. The van der Waals surface area contributed by atoms with Crippen molar-refractivity contribution in [2.24, 2.45) is 0 Å². The predicted octanol–water partition coefficient (Wildman–Crippen LogP) is 7.08. The summed E-state index contributed by atoms with van der Waals surface area (Å²) in [5, 5.41) is 23.6. The number of para-hydroxylation sites is 1. The van der Waals surface area contributed by atoms with Crippen molar-refractivity contribution in [1.82, 2.24) is 4.57 Å². The van der Waals surface area contributed by atoms with E-state index >= 15 is 0 Å². The van der Waals surface area contributed by atoms with E-state index in [2.05, 4.69) is 5.32 Å². The molecule has 3 N–H and O–H groups in total. The van der Waals surface area contributed by atoms with Crippen molar-refractivity contribution in [2.75, 3.05) is 5.32 Å². The third-order valence-corrected chi connectivity index (χ3v) is 6.38. The lowest BCUT2D eigenvalue weighted by Crippen LogP contribution is -2.18. The summed E-state index contributed by atoms with van der Waals surface area (Å²) >= 11 is 0.